The highest BCUT2D eigenvalue weighted by Gasteiger charge is 2.47. The number of benzene rings is 1. The standard InChI is InChI=1S/C21H24FN3O2/c1-13(26)16-12-25-18-14(3-4-21(25)5-6-21)19(17(22)11-15(18)20(16)27)24-9-7-23(2)8-10-24/h11-12H,3-10H2,1-2H3. The normalized spacial score (nSPS) is 21.1. The van der Waals surface area contributed by atoms with Gasteiger partial charge in [0, 0.05) is 48.9 Å². The summed E-state index contributed by atoms with van der Waals surface area (Å²) in [6, 6.07) is 1.37. The molecule has 1 aliphatic carbocycles. The van der Waals surface area contributed by atoms with Crippen molar-refractivity contribution in [3.63, 3.8) is 0 Å². The molecule has 5 nitrogen and oxygen atoms in total. The Balaban J connectivity index is 1.80. The number of carbonyl (C=O) groups excluding carboxylic acids is 1. The molecule has 3 aliphatic rings. The van der Waals surface area contributed by atoms with Gasteiger partial charge in [-0.2, -0.15) is 0 Å². The van der Waals surface area contributed by atoms with Crippen LogP contribution < -0.4 is 10.3 Å². The summed E-state index contributed by atoms with van der Waals surface area (Å²) >= 11 is 0. The van der Waals surface area contributed by atoms with Crippen LogP contribution in [0.25, 0.3) is 10.9 Å². The number of pyridine rings is 1. The molecule has 2 aromatic rings. The molecule has 1 spiro atoms. The minimum atomic E-state index is -0.337. The monoisotopic (exact) mass is 369 g/mol. The second kappa shape index (κ2) is 5.64. The van der Waals surface area contributed by atoms with Gasteiger partial charge in [0.1, 0.15) is 5.82 Å². The van der Waals surface area contributed by atoms with Crippen LogP contribution in [0.5, 0.6) is 0 Å². The molecule has 0 unspecified atom stereocenters. The molecule has 142 valence electrons. The molecule has 2 aliphatic heterocycles. The van der Waals surface area contributed by atoms with Gasteiger partial charge >= 0.3 is 0 Å². The Morgan fingerprint density at radius 1 is 1.15 bits per heavy atom. The molecule has 0 radical (unpaired) electrons. The van der Waals surface area contributed by atoms with Crippen LogP contribution >= 0.6 is 0 Å². The van der Waals surface area contributed by atoms with Crippen LogP contribution in [0.4, 0.5) is 10.1 Å². The van der Waals surface area contributed by atoms with Crippen LogP contribution in [0.2, 0.25) is 0 Å². The molecular formula is C21H24FN3O2. The lowest BCUT2D eigenvalue weighted by Crippen LogP contribution is -2.45. The number of aryl methyl sites for hydroxylation is 1. The van der Waals surface area contributed by atoms with E-state index in [0.717, 1.165) is 62.9 Å². The maximum Gasteiger partial charge on any atom is 0.200 e. The SMILES string of the molecule is CC(=O)c1cn2c3c(c(N4CCN(C)CC4)c(F)cc3c1=O)CCC21CC1. The van der Waals surface area contributed by atoms with Crippen molar-refractivity contribution in [2.75, 3.05) is 38.1 Å². The van der Waals surface area contributed by atoms with E-state index in [9.17, 15) is 9.59 Å². The quantitative estimate of drug-likeness (QED) is 0.763. The van der Waals surface area contributed by atoms with E-state index in [1.165, 1.54) is 13.0 Å². The first-order valence-corrected chi connectivity index (χ1v) is 9.77. The van der Waals surface area contributed by atoms with Gasteiger partial charge in [-0.25, -0.2) is 4.39 Å². The average Bonchev–Trinajstić information content (AvgIpc) is 3.41. The van der Waals surface area contributed by atoms with Crippen molar-refractivity contribution >= 4 is 22.4 Å². The number of piperazine rings is 1. The van der Waals surface area contributed by atoms with Crippen molar-refractivity contribution < 1.29 is 9.18 Å². The molecule has 5 rings (SSSR count). The van der Waals surface area contributed by atoms with E-state index < -0.39 is 0 Å². The number of Topliss-reactive ketones (excluding diaryl/α,β-unsaturated/α-hetero) is 1. The topological polar surface area (TPSA) is 45.6 Å². The molecule has 0 atom stereocenters. The molecule has 27 heavy (non-hydrogen) atoms. The predicted molar refractivity (Wildman–Crippen MR) is 103 cm³/mol. The maximum absolute atomic E-state index is 15.2. The largest absolute Gasteiger partial charge is 0.366 e. The zero-order chi connectivity index (χ0) is 18.9. The zero-order valence-corrected chi connectivity index (χ0v) is 15.8. The summed E-state index contributed by atoms with van der Waals surface area (Å²) in [6.07, 6.45) is 5.59. The summed E-state index contributed by atoms with van der Waals surface area (Å²) < 4.78 is 17.4. The molecule has 3 heterocycles. The first kappa shape index (κ1) is 16.9. The van der Waals surface area contributed by atoms with E-state index in [4.69, 9.17) is 0 Å². The fourth-order valence-electron chi connectivity index (χ4n) is 4.87. The van der Waals surface area contributed by atoms with Gasteiger partial charge in [0.2, 0.25) is 0 Å². The van der Waals surface area contributed by atoms with Gasteiger partial charge in [0.15, 0.2) is 11.2 Å². The molecule has 0 amide bonds. The third-order valence-electron chi connectivity index (χ3n) is 6.69. The Labute approximate surface area is 157 Å². The Bertz CT molecular complexity index is 1030. The highest BCUT2D eigenvalue weighted by Crippen LogP contribution is 2.53. The number of carbonyl (C=O) groups is 1. The number of hydrogen-bond acceptors (Lipinski definition) is 4. The highest BCUT2D eigenvalue weighted by molar-refractivity contribution is 5.99. The lowest BCUT2D eigenvalue weighted by Gasteiger charge is -2.38. The van der Waals surface area contributed by atoms with Crippen molar-refractivity contribution in [3.05, 3.63) is 39.4 Å². The number of rotatable bonds is 2. The Kier molecular flexibility index (Phi) is 3.54. The molecule has 1 aromatic heterocycles. The molecule has 1 aromatic carbocycles. The van der Waals surface area contributed by atoms with Crippen molar-refractivity contribution in [2.24, 2.45) is 0 Å². The van der Waals surface area contributed by atoms with E-state index in [-0.39, 0.29) is 28.1 Å². The predicted octanol–water partition coefficient (Wildman–Crippen LogP) is 2.53. The van der Waals surface area contributed by atoms with Crippen LogP contribution in [0.15, 0.2) is 17.1 Å². The van der Waals surface area contributed by atoms with Crippen LogP contribution in [0.3, 0.4) is 0 Å². The number of aromatic nitrogens is 1. The second-order valence-corrected chi connectivity index (χ2v) is 8.39. The Morgan fingerprint density at radius 3 is 2.48 bits per heavy atom. The fraction of sp³-hybridized carbons (Fsp3) is 0.524. The van der Waals surface area contributed by atoms with Gasteiger partial charge in [0.25, 0.3) is 0 Å². The van der Waals surface area contributed by atoms with Crippen molar-refractivity contribution in [3.8, 4) is 0 Å². The van der Waals surface area contributed by atoms with Crippen molar-refractivity contribution in [1.29, 1.82) is 0 Å². The number of fused-ring (bicyclic) bond motifs is 1. The lowest BCUT2D eigenvalue weighted by molar-refractivity contribution is 0.101. The van der Waals surface area contributed by atoms with Crippen LogP contribution in [-0.2, 0) is 12.0 Å². The average molecular weight is 369 g/mol. The van der Waals surface area contributed by atoms with E-state index in [1.807, 2.05) is 0 Å². The van der Waals surface area contributed by atoms with Gasteiger partial charge in [-0.3, -0.25) is 9.59 Å². The molecule has 0 N–H and O–H groups in total. The summed E-state index contributed by atoms with van der Waals surface area (Å²) in [4.78, 5) is 29.3. The Morgan fingerprint density at radius 2 is 1.85 bits per heavy atom. The van der Waals surface area contributed by atoms with Crippen LogP contribution in [-0.4, -0.2) is 48.5 Å². The van der Waals surface area contributed by atoms with E-state index in [2.05, 4.69) is 21.4 Å². The minimum Gasteiger partial charge on any atom is -0.366 e. The van der Waals surface area contributed by atoms with Gasteiger partial charge in [-0.1, -0.05) is 0 Å². The number of hydrogen-bond donors (Lipinski definition) is 0. The molecule has 1 saturated carbocycles. The first-order valence-electron chi connectivity index (χ1n) is 9.77. The van der Waals surface area contributed by atoms with Gasteiger partial charge in [0.05, 0.1) is 16.8 Å². The minimum absolute atomic E-state index is 0.0143. The highest BCUT2D eigenvalue weighted by atomic mass is 19.1. The fourth-order valence-corrected chi connectivity index (χ4v) is 4.87. The second-order valence-electron chi connectivity index (χ2n) is 8.39. The lowest BCUT2D eigenvalue weighted by atomic mass is 9.91. The van der Waals surface area contributed by atoms with Crippen LogP contribution in [0.1, 0.15) is 42.1 Å². The summed E-state index contributed by atoms with van der Waals surface area (Å²) in [5.41, 5.74) is 2.31. The summed E-state index contributed by atoms with van der Waals surface area (Å²) in [7, 11) is 2.08. The summed E-state index contributed by atoms with van der Waals surface area (Å²) in [5.74, 6) is -0.588. The zero-order valence-electron chi connectivity index (χ0n) is 15.8. The van der Waals surface area contributed by atoms with E-state index in [1.54, 1.807) is 6.20 Å². The molecule has 6 heteroatoms. The van der Waals surface area contributed by atoms with E-state index in [0.29, 0.717) is 11.1 Å². The maximum atomic E-state index is 15.2. The van der Waals surface area contributed by atoms with Gasteiger partial charge in [-0.05, 0) is 45.7 Å². The van der Waals surface area contributed by atoms with Gasteiger partial charge < -0.3 is 14.4 Å². The van der Waals surface area contributed by atoms with Crippen molar-refractivity contribution in [1.82, 2.24) is 9.47 Å². The van der Waals surface area contributed by atoms with Gasteiger partial charge in [-0.15, -0.1) is 0 Å². The Hall–Kier alpha value is -2.21. The van der Waals surface area contributed by atoms with Crippen molar-refractivity contribution in [2.45, 2.75) is 38.1 Å². The first-order chi connectivity index (χ1) is 12.9. The number of likely N-dealkylation sites (N-methyl/N-ethyl adjacent to an activating group) is 1. The summed E-state index contributed by atoms with van der Waals surface area (Å²) in [5, 5.41) is 0.360. The van der Waals surface area contributed by atoms with Crippen LogP contribution in [0, 0.1) is 5.82 Å². The molecule has 1 saturated heterocycles. The third-order valence-corrected chi connectivity index (χ3v) is 6.69. The third kappa shape index (κ3) is 2.39. The molecule has 2 fully saturated rings. The number of halogens is 1. The van der Waals surface area contributed by atoms with E-state index >= 15 is 4.39 Å². The molecule has 0 bridgehead atoms. The number of ketones is 1. The number of anilines is 1. The number of nitrogens with zero attached hydrogens (tertiary/aromatic N) is 3. The molecular weight excluding hydrogens is 345 g/mol. The smallest absolute Gasteiger partial charge is 0.200 e. The summed E-state index contributed by atoms with van der Waals surface area (Å²) in [6.45, 7) is 4.78.